The van der Waals surface area contributed by atoms with E-state index in [0.717, 1.165) is 17.7 Å². The van der Waals surface area contributed by atoms with Gasteiger partial charge in [0.05, 0.1) is 6.04 Å². The van der Waals surface area contributed by atoms with Crippen molar-refractivity contribution in [3.05, 3.63) is 22.4 Å². The lowest BCUT2D eigenvalue weighted by atomic mass is 10.1. The topological polar surface area (TPSA) is 78.4 Å². The van der Waals surface area contributed by atoms with Crippen molar-refractivity contribution in [1.82, 2.24) is 10.6 Å². The van der Waals surface area contributed by atoms with Gasteiger partial charge in [0.25, 0.3) is 0 Å². The standard InChI is InChI=1S/C13H20N2O3S/c1-3-6-10(11-7-5-8-19-11)15-13(18)14-9(4-2)12(16)17/h5,7-10H,3-4,6H2,1-2H3,(H,16,17)(H2,14,15,18)/t9-,10?/m1/s1. The number of aliphatic carboxylic acids is 1. The van der Waals surface area contributed by atoms with E-state index in [4.69, 9.17) is 5.11 Å². The third-order valence-corrected chi connectivity index (χ3v) is 3.77. The van der Waals surface area contributed by atoms with Gasteiger partial charge in [-0.25, -0.2) is 9.59 Å². The fourth-order valence-electron chi connectivity index (χ4n) is 1.76. The minimum Gasteiger partial charge on any atom is -0.480 e. The molecule has 2 amide bonds. The van der Waals surface area contributed by atoms with Gasteiger partial charge in [-0.15, -0.1) is 11.3 Å². The molecule has 1 unspecified atom stereocenters. The molecule has 0 fully saturated rings. The Bertz CT molecular complexity index is 406. The van der Waals surface area contributed by atoms with Crippen molar-refractivity contribution in [2.45, 2.75) is 45.2 Å². The predicted molar refractivity (Wildman–Crippen MR) is 75.4 cm³/mol. The lowest BCUT2D eigenvalue weighted by Gasteiger charge is -2.19. The van der Waals surface area contributed by atoms with Crippen LogP contribution >= 0.6 is 11.3 Å². The molecule has 2 atom stereocenters. The monoisotopic (exact) mass is 284 g/mol. The van der Waals surface area contributed by atoms with E-state index in [1.807, 2.05) is 24.4 Å². The Morgan fingerprint density at radius 2 is 2.11 bits per heavy atom. The Kier molecular flexibility index (Phi) is 6.35. The van der Waals surface area contributed by atoms with E-state index in [1.165, 1.54) is 0 Å². The molecular formula is C13H20N2O3S. The van der Waals surface area contributed by atoms with Crippen LogP contribution in [0.2, 0.25) is 0 Å². The van der Waals surface area contributed by atoms with E-state index in [9.17, 15) is 9.59 Å². The van der Waals surface area contributed by atoms with Crippen molar-refractivity contribution in [2.24, 2.45) is 0 Å². The SMILES string of the molecule is CCCC(NC(=O)N[C@H](CC)C(=O)O)c1cccs1. The molecule has 0 bridgehead atoms. The van der Waals surface area contributed by atoms with E-state index in [1.54, 1.807) is 18.3 Å². The van der Waals surface area contributed by atoms with Crippen molar-refractivity contribution in [1.29, 1.82) is 0 Å². The lowest BCUT2D eigenvalue weighted by molar-refractivity contribution is -0.139. The summed E-state index contributed by atoms with van der Waals surface area (Å²) in [5.74, 6) is -1.01. The summed E-state index contributed by atoms with van der Waals surface area (Å²) in [6.07, 6.45) is 2.14. The van der Waals surface area contributed by atoms with E-state index in [2.05, 4.69) is 10.6 Å². The van der Waals surface area contributed by atoms with Crippen molar-refractivity contribution >= 4 is 23.3 Å². The number of rotatable bonds is 7. The van der Waals surface area contributed by atoms with Gasteiger partial charge < -0.3 is 15.7 Å². The Morgan fingerprint density at radius 3 is 2.58 bits per heavy atom. The molecule has 1 rings (SSSR count). The quantitative estimate of drug-likeness (QED) is 0.720. The second-order valence-electron chi connectivity index (χ2n) is 4.27. The van der Waals surface area contributed by atoms with Crippen molar-refractivity contribution < 1.29 is 14.7 Å². The highest BCUT2D eigenvalue weighted by atomic mass is 32.1. The maximum Gasteiger partial charge on any atom is 0.326 e. The molecule has 0 aliphatic rings. The molecule has 0 saturated heterocycles. The van der Waals surface area contributed by atoms with Crippen LogP contribution in [0.15, 0.2) is 17.5 Å². The first-order valence-electron chi connectivity index (χ1n) is 6.41. The minimum absolute atomic E-state index is 0.0590. The van der Waals surface area contributed by atoms with Gasteiger partial charge in [0.2, 0.25) is 0 Å². The van der Waals surface area contributed by atoms with Crippen LogP contribution in [0, 0.1) is 0 Å². The molecule has 0 spiro atoms. The summed E-state index contributed by atoms with van der Waals surface area (Å²) in [5.41, 5.74) is 0. The van der Waals surface area contributed by atoms with Crippen LogP contribution in [-0.2, 0) is 4.79 Å². The molecular weight excluding hydrogens is 264 g/mol. The third-order valence-electron chi connectivity index (χ3n) is 2.78. The molecule has 5 nitrogen and oxygen atoms in total. The van der Waals surface area contributed by atoms with Gasteiger partial charge in [-0.05, 0) is 24.3 Å². The summed E-state index contributed by atoms with van der Waals surface area (Å²) in [4.78, 5) is 23.8. The Hall–Kier alpha value is -1.56. The van der Waals surface area contributed by atoms with Gasteiger partial charge in [-0.1, -0.05) is 26.3 Å². The molecule has 0 aliphatic carbocycles. The summed E-state index contributed by atoms with van der Waals surface area (Å²) in [6, 6.07) is 2.58. The van der Waals surface area contributed by atoms with E-state index in [-0.39, 0.29) is 6.04 Å². The second kappa shape index (κ2) is 7.78. The average molecular weight is 284 g/mol. The normalized spacial score (nSPS) is 13.6. The fourth-order valence-corrected chi connectivity index (χ4v) is 2.57. The number of carbonyl (C=O) groups excluding carboxylic acids is 1. The first kappa shape index (κ1) is 15.5. The largest absolute Gasteiger partial charge is 0.480 e. The maximum absolute atomic E-state index is 11.8. The van der Waals surface area contributed by atoms with Crippen LogP contribution in [0.1, 0.15) is 44.0 Å². The highest BCUT2D eigenvalue weighted by Gasteiger charge is 2.20. The van der Waals surface area contributed by atoms with Crippen LogP contribution in [0.5, 0.6) is 0 Å². The Balaban J connectivity index is 2.59. The molecule has 1 aromatic heterocycles. The van der Waals surface area contributed by atoms with Gasteiger partial charge >= 0.3 is 12.0 Å². The molecule has 0 aliphatic heterocycles. The predicted octanol–water partition coefficient (Wildman–Crippen LogP) is 2.75. The molecule has 3 N–H and O–H groups in total. The molecule has 19 heavy (non-hydrogen) atoms. The summed E-state index contributed by atoms with van der Waals surface area (Å²) in [5, 5.41) is 16.2. The van der Waals surface area contributed by atoms with Crippen molar-refractivity contribution in [3.63, 3.8) is 0 Å². The number of urea groups is 1. The van der Waals surface area contributed by atoms with E-state index >= 15 is 0 Å². The number of carboxylic acid groups (broad SMARTS) is 1. The zero-order valence-corrected chi connectivity index (χ0v) is 12.0. The van der Waals surface area contributed by atoms with Crippen molar-refractivity contribution in [3.8, 4) is 0 Å². The molecule has 106 valence electrons. The molecule has 1 aromatic rings. The number of carboxylic acids is 1. The minimum atomic E-state index is -1.01. The van der Waals surface area contributed by atoms with Crippen LogP contribution in [-0.4, -0.2) is 23.1 Å². The summed E-state index contributed by atoms with van der Waals surface area (Å²) in [6.45, 7) is 3.77. The van der Waals surface area contributed by atoms with E-state index in [0.29, 0.717) is 6.42 Å². The summed E-state index contributed by atoms with van der Waals surface area (Å²) >= 11 is 1.59. The molecule has 1 heterocycles. The first-order chi connectivity index (χ1) is 9.08. The van der Waals surface area contributed by atoms with E-state index < -0.39 is 18.0 Å². The summed E-state index contributed by atoms with van der Waals surface area (Å²) in [7, 11) is 0. The molecule has 6 heteroatoms. The highest BCUT2D eigenvalue weighted by molar-refractivity contribution is 7.10. The van der Waals surface area contributed by atoms with Crippen LogP contribution in [0.25, 0.3) is 0 Å². The van der Waals surface area contributed by atoms with Gasteiger partial charge in [0.15, 0.2) is 0 Å². The number of carbonyl (C=O) groups is 2. The Labute approximate surface area is 117 Å². The zero-order chi connectivity index (χ0) is 14.3. The first-order valence-corrected chi connectivity index (χ1v) is 7.29. The molecule has 0 aromatic carbocycles. The number of hydrogen-bond acceptors (Lipinski definition) is 3. The maximum atomic E-state index is 11.8. The van der Waals surface area contributed by atoms with Crippen LogP contribution in [0.4, 0.5) is 4.79 Å². The third kappa shape index (κ3) is 4.90. The Morgan fingerprint density at radius 1 is 1.37 bits per heavy atom. The van der Waals surface area contributed by atoms with Crippen LogP contribution in [0.3, 0.4) is 0 Å². The van der Waals surface area contributed by atoms with Gasteiger partial charge in [0.1, 0.15) is 6.04 Å². The van der Waals surface area contributed by atoms with Crippen LogP contribution < -0.4 is 10.6 Å². The number of nitrogens with one attached hydrogen (secondary N) is 2. The fraction of sp³-hybridized carbons (Fsp3) is 0.538. The van der Waals surface area contributed by atoms with Crippen molar-refractivity contribution in [2.75, 3.05) is 0 Å². The lowest BCUT2D eigenvalue weighted by Crippen LogP contribution is -2.46. The van der Waals surface area contributed by atoms with Gasteiger partial charge in [-0.2, -0.15) is 0 Å². The average Bonchev–Trinajstić information content (AvgIpc) is 2.88. The number of thiophene rings is 1. The number of amides is 2. The van der Waals surface area contributed by atoms with Gasteiger partial charge in [0, 0.05) is 4.88 Å². The highest BCUT2D eigenvalue weighted by Crippen LogP contribution is 2.22. The zero-order valence-electron chi connectivity index (χ0n) is 11.2. The summed E-state index contributed by atoms with van der Waals surface area (Å²) < 4.78 is 0. The number of hydrogen-bond donors (Lipinski definition) is 3. The second-order valence-corrected chi connectivity index (χ2v) is 5.25. The smallest absolute Gasteiger partial charge is 0.326 e. The molecule has 0 radical (unpaired) electrons. The molecule has 0 saturated carbocycles. The van der Waals surface area contributed by atoms with Gasteiger partial charge in [-0.3, -0.25) is 0 Å².